The summed E-state index contributed by atoms with van der Waals surface area (Å²) < 4.78 is 0. The van der Waals surface area contributed by atoms with Crippen LogP contribution in [0.5, 0.6) is 0 Å². The smallest absolute Gasteiger partial charge is 0.737 e. The van der Waals surface area contributed by atoms with Crippen LogP contribution in [0.15, 0.2) is 5.28 Å². The van der Waals surface area contributed by atoms with E-state index in [1.54, 1.807) is 20.8 Å². The fourth-order valence-electron chi connectivity index (χ4n) is 0.816. The van der Waals surface area contributed by atoms with Crippen LogP contribution in [0.4, 0.5) is 0 Å². The standard InChI is InChI=1S/C6H15N3O3.Na/c1-6(2,3)8(4-5-10)9(12)7-11;/h10-11H,4-5H2,1-3H3;/q;+1/p-1/b9-7-;. The molecule has 0 aromatic heterocycles. The molecule has 0 saturated carbocycles. The molecule has 0 spiro atoms. The Morgan fingerprint density at radius 2 is 1.92 bits per heavy atom. The Balaban J connectivity index is 0. The van der Waals surface area contributed by atoms with Crippen molar-refractivity contribution in [1.82, 2.24) is 5.01 Å². The first kappa shape index (κ1) is 15.4. The van der Waals surface area contributed by atoms with Gasteiger partial charge in [0.05, 0.1) is 12.1 Å². The third-order valence-corrected chi connectivity index (χ3v) is 1.36. The second-order valence-corrected chi connectivity index (χ2v) is 3.35. The molecule has 7 heteroatoms. The van der Waals surface area contributed by atoms with Crippen LogP contribution in [-0.2, 0) is 0 Å². The molecule has 72 valence electrons. The number of hydrazine groups is 1. The summed E-state index contributed by atoms with van der Waals surface area (Å²) in [4.78, 5) is -0.0454. The van der Waals surface area contributed by atoms with Crippen molar-refractivity contribution in [3.63, 3.8) is 0 Å². The van der Waals surface area contributed by atoms with Crippen molar-refractivity contribution in [3.05, 3.63) is 10.4 Å². The van der Waals surface area contributed by atoms with Gasteiger partial charge in [-0.1, -0.05) is 0 Å². The van der Waals surface area contributed by atoms with Crippen LogP contribution in [0.25, 0.3) is 0 Å². The Hall–Kier alpha value is -0.0400. The fourth-order valence-corrected chi connectivity index (χ4v) is 0.816. The monoisotopic (exact) mass is 199 g/mol. The minimum absolute atomic E-state index is 0. The first-order valence-electron chi connectivity index (χ1n) is 3.62. The van der Waals surface area contributed by atoms with Crippen LogP contribution in [0.2, 0.25) is 0 Å². The molecule has 0 atom stereocenters. The quantitative estimate of drug-likeness (QED) is 0.235. The molecule has 6 nitrogen and oxygen atoms in total. The largest absolute Gasteiger partial charge is 1.00 e. The third-order valence-electron chi connectivity index (χ3n) is 1.36. The number of β-amino-alcohol motifs (C(OH)–C–C–N with tert-alkyl or cyclic N) is 1. The molecule has 13 heavy (non-hydrogen) atoms. The Labute approximate surface area is 99.7 Å². The molecule has 0 heterocycles. The molecule has 0 aromatic rings. The number of aliphatic hydroxyl groups is 1. The van der Waals surface area contributed by atoms with Crippen LogP contribution in [0.1, 0.15) is 20.8 Å². The van der Waals surface area contributed by atoms with E-state index in [1.165, 1.54) is 0 Å². The minimum atomic E-state index is -0.515. The maximum absolute atomic E-state index is 10.8. The van der Waals surface area contributed by atoms with Gasteiger partial charge in [0.1, 0.15) is 6.54 Å². The maximum Gasteiger partial charge on any atom is 1.00 e. The molecular weight excluding hydrogens is 185 g/mol. The van der Waals surface area contributed by atoms with Crippen molar-refractivity contribution in [1.29, 1.82) is 0 Å². The van der Waals surface area contributed by atoms with Gasteiger partial charge in [-0.2, -0.15) is 0 Å². The molecule has 0 fully saturated rings. The fraction of sp³-hybridized carbons (Fsp3) is 1.00. The molecule has 0 amide bonds. The van der Waals surface area contributed by atoms with E-state index in [0.29, 0.717) is 0 Å². The summed E-state index contributed by atoms with van der Waals surface area (Å²) in [5.41, 5.74) is -0.515. The summed E-state index contributed by atoms with van der Waals surface area (Å²) in [6.07, 6.45) is 0. The molecule has 1 N–H and O–H groups in total. The van der Waals surface area contributed by atoms with Gasteiger partial charge in [-0.3, -0.25) is 0 Å². The van der Waals surface area contributed by atoms with Gasteiger partial charge >= 0.3 is 29.6 Å². The van der Waals surface area contributed by atoms with Gasteiger partial charge in [-0.25, -0.2) is 0 Å². The zero-order valence-electron chi connectivity index (χ0n) is 8.52. The van der Waals surface area contributed by atoms with E-state index in [1.807, 2.05) is 0 Å². The summed E-state index contributed by atoms with van der Waals surface area (Å²) in [6, 6.07) is 0. The number of rotatable bonds is 3. The van der Waals surface area contributed by atoms with Gasteiger partial charge in [0.25, 0.3) is 0 Å². The van der Waals surface area contributed by atoms with Gasteiger partial charge < -0.3 is 15.5 Å². The Kier molecular flexibility index (Phi) is 7.62. The topological polar surface area (TPSA) is 85.0 Å². The van der Waals surface area contributed by atoms with Crippen molar-refractivity contribution in [2.24, 2.45) is 5.28 Å². The predicted molar refractivity (Wildman–Crippen MR) is 43.0 cm³/mol. The number of nitrogens with zero attached hydrogens (tertiary/aromatic N) is 3. The van der Waals surface area contributed by atoms with Gasteiger partial charge in [-0.15, -0.1) is 5.01 Å². The van der Waals surface area contributed by atoms with Crippen LogP contribution < -0.4 is 29.6 Å². The summed E-state index contributed by atoms with van der Waals surface area (Å²) in [6.45, 7) is 5.15. The Morgan fingerprint density at radius 1 is 1.46 bits per heavy atom. The molecule has 0 bridgehead atoms. The summed E-state index contributed by atoms with van der Waals surface area (Å²) in [5.74, 6) is 0. The van der Waals surface area contributed by atoms with E-state index in [4.69, 9.17) is 5.11 Å². The van der Waals surface area contributed by atoms with E-state index in [9.17, 15) is 10.4 Å². The van der Waals surface area contributed by atoms with Crippen molar-refractivity contribution in [3.8, 4) is 0 Å². The number of hydrogen-bond acceptors (Lipinski definition) is 4. The Bertz CT molecular complexity index is 169. The van der Waals surface area contributed by atoms with Crippen LogP contribution in [0.3, 0.4) is 0 Å². The number of aliphatic hydroxyl groups excluding tert-OH is 1. The Morgan fingerprint density at radius 3 is 2.15 bits per heavy atom. The molecule has 0 rings (SSSR count). The normalized spacial score (nSPS) is 12.2. The van der Waals surface area contributed by atoms with E-state index in [2.05, 4.69) is 5.28 Å². The first-order chi connectivity index (χ1) is 5.43. The number of hydrogen-bond donors (Lipinski definition) is 1. The van der Waals surface area contributed by atoms with E-state index >= 15 is 0 Å². The van der Waals surface area contributed by atoms with Crippen LogP contribution in [0, 0.1) is 10.4 Å². The van der Waals surface area contributed by atoms with Crippen molar-refractivity contribution in [2.75, 3.05) is 13.2 Å². The SMILES string of the molecule is CC(C)(C)N(CCO)/[N+]([O-])=N/[O-].[Na+]. The second-order valence-electron chi connectivity index (χ2n) is 3.35. The maximum atomic E-state index is 10.8. The third kappa shape index (κ3) is 5.30. The average molecular weight is 199 g/mol. The summed E-state index contributed by atoms with van der Waals surface area (Å²) in [7, 11) is 0. The molecule has 0 aliphatic rings. The predicted octanol–water partition coefficient (Wildman–Crippen LogP) is -2.54. The second kappa shape index (κ2) is 6.42. The average Bonchev–Trinajstić information content (AvgIpc) is 1.96. The minimum Gasteiger partial charge on any atom is -0.737 e. The zero-order chi connectivity index (χ0) is 9.78. The van der Waals surface area contributed by atoms with Gasteiger partial charge in [0, 0.05) is 4.97 Å². The van der Waals surface area contributed by atoms with Crippen LogP contribution >= 0.6 is 0 Å². The van der Waals surface area contributed by atoms with Gasteiger partial charge in [0.15, 0.2) is 0 Å². The van der Waals surface area contributed by atoms with E-state index in [-0.39, 0.29) is 47.7 Å². The van der Waals surface area contributed by atoms with Crippen LogP contribution in [-0.4, -0.2) is 33.8 Å². The molecule has 0 aliphatic carbocycles. The summed E-state index contributed by atoms with van der Waals surface area (Å²) in [5, 5.41) is 32.7. The van der Waals surface area contributed by atoms with E-state index < -0.39 is 5.54 Å². The molecule has 0 unspecified atom stereocenters. The summed E-state index contributed by atoms with van der Waals surface area (Å²) >= 11 is 0. The molecule has 0 aliphatic heterocycles. The molecule has 0 aromatic carbocycles. The first-order valence-corrected chi connectivity index (χ1v) is 3.62. The van der Waals surface area contributed by atoms with Crippen molar-refractivity contribution < 1.29 is 39.6 Å². The molecule has 0 radical (unpaired) electrons. The van der Waals surface area contributed by atoms with Crippen molar-refractivity contribution >= 4 is 0 Å². The van der Waals surface area contributed by atoms with Gasteiger partial charge in [-0.05, 0) is 26.0 Å². The molecule has 0 saturated heterocycles. The van der Waals surface area contributed by atoms with Crippen molar-refractivity contribution in [2.45, 2.75) is 26.3 Å². The van der Waals surface area contributed by atoms with E-state index in [0.717, 1.165) is 5.01 Å². The van der Waals surface area contributed by atoms with Gasteiger partial charge in [0.2, 0.25) is 0 Å². The molecular formula is C6H14N3NaO3. The zero-order valence-corrected chi connectivity index (χ0v) is 10.5.